The van der Waals surface area contributed by atoms with Gasteiger partial charge >= 0.3 is 0 Å². The summed E-state index contributed by atoms with van der Waals surface area (Å²) in [5, 5.41) is 9.08. The second kappa shape index (κ2) is 5.81. The third-order valence-corrected chi connectivity index (χ3v) is 5.76. The van der Waals surface area contributed by atoms with Gasteiger partial charge in [0.05, 0.1) is 23.8 Å². The Morgan fingerprint density at radius 2 is 2.04 bits per heavy atom. The van der Waals surface area contributed by atoms with E-state index < -0.39 is 0 Å². The van der Waals surface area contributed by atoms with Gasteiger partial charge in [0, 0.05) is 36.3 Å². The van der Waals surface area contributed by atoms with Crippen molar-refractivity contribution in [2.45, 2.75) is 18.6 Å². The predicted molar refractivity (Wildman–Crippen MR) is 97.5 cm³/mol. The van der Waals surface area contributed by atoms with Crippen molar-refractivity contribution >= 4 is 33.7 Å². The molecule has 1 amide bonds. The molecule has 1 N–H and O–H groups in total. The van der Waals surface area contributed by atoms with Crippen LogP contribution in [0.1, 0.15) is 24.2 Å². The topological polar surface area (TPSA) is 64.6 Å². The van der Waals surface area contributed by atoms with Gasteiger partial charge in [0.2, 0.25) is 0 Å². The number of benzene rings is 1. The SMILES string of the molecule is CC1(C)CN=C(N2CCN(C(=O)c3cccc4cn[nH]c34)CC2)S1. The number of aromatic amines is 1. The highest BCUT2D eigenvalue weighted by molar-refractivity contribution is 8.15. The van der Waals surface area contributed by atoms with Crippen LogP contribution in [0.2, 0.25) is 0 Å². The molecule has 6 nitrogen and oxygen atoms in total. The van der Waals surface area contributed by atoms with Crippen molar-refractivity contribution in [3.05, 3.63) is 30.0 Å². The van der Waals surface area contributed by atoms with Gasteiger partial charge in [0.15, 0.2) is 5.17 Å². The zero-order valence-corrected chi connectivity index (χ0v) is 14.8. The van der Waals surface area contributed by atoms with Crippen molar-refractivity contribution in [3.8, 4) is 0 Å². The minimum Gasteiger partial charge on any atom is -0.348 e. The molecule has 1 saturated heterocycles. The average molecular weight is 343 g/mol. The van der Waals surface area contributed by atoms with Crippen molar-refractivity contribution in [3.63, 3.8) is 0 Å². The van der Waals surface area contributed by atoms with E-state index >= 15 is 0 Å². The van der Waals surface area contributed by atoms with Gasteiger partial charge in [-0.1, -0.05) is 23.9 Å². The molecule has 2 aliphatic rings. The van der Waals surface area contributed by atoms with Gasteiger partial charge in [-0.15, -0.1) is 0 Å². The van der Waals surface area contributed by atoms with Crippen LogP contribution in [0, 0.1) is 0 Å². The lowest BCUT2D eigenvalue weighted by Crippen LogP contribution is -2.50. The first-order chi connectivity index (χ1) is 11.5. The van der Waals surface area contributed by atoms with Crippen molar-refractivity contribution in [2.75, 3.05) is 32.7 Å². The first-order valence-electron chi connectivity index (χ1n) is 8.23. The summed E-state index contributed by atoms with van der Waals surface area (Å²) in [5.41, 5.74) is 1.52. The van der Waals surface area contributed by atoms with E-state index in [0.29, 0.717) is 5.56 Å². The zero-order chi connectivity index (χ0) is 16.7. The standard InChI is InChI=1S/C17H21N5OS/c1-17(2)11-18-16(24-17)22-8-6-21(7-9-22)15(23)13-5-3-4-12-10-19-20-14(12)13/h3-5,10H,6-9,11H2,1-2H3,(H,19,20). The molecule has 3 heterocycles. The molecule has 2 aliphatic heterocycles. The lowest BCUT2D eigenvalue weighted by atomic mass is 10.1. The van der Waals surface area contributed by atoms with Crippen LogP contribution in [0.3, 0.4) is 0 Å². The van der Waals surface area contributed by atoms with Crippen LogP contribution < -0.4 is 0 Å². The summed E-state index contributed by atoms with van der Waals surface area (Å²) in [6.45, 7) is 8.44. The number of rotatable bonds is 1. The number of aliphatic imine (C=N–C) groups is 1. The smallest absolute Gasteiger partial charge is 0.256 e. The fraction of sp³-hybridized carbons (Fsp3) is 0.471. The number of H-pyrrole nitrogens is 1. The van der Waals surface area contributed by atoms with E-state index in [9.17, 15) is 4.79 Å². The molecule has 0 aliphatic carbocycles. The van der Waals surface area contributed by atoms with Crippen molar-refractivity contribution in [1.82, 2.24) is 20.0 Å². The van der Waals surface area contributed by atoms with E-state index in [1.807, 2.05) is 34.9 Å². The minimum atomic E-state index is 0.0749. The van der Waals surface area contributed by atoms with Crippen LogP contribution in [-0.4, -0.2) is 68.5 Å². The third-order valence-electron chi connectivity index (χ3n) is 4.51. The number of piperazine rings is 1. The van der Waals surface area contributed by atoms with E-state index in [4.69, 9.17) is 0 Å². The maximum atomic E-state index is 12.9. The molecule has 1 aromatic heterocycles. The van der Waals surface area contributed by atoms with Crippen LogP contribution in [0.15, 0.2) is 29.4 Å². The van der Waals surface area contributed by atoms with Crippen LogP contribution in [0.25, 0.3) is 10.9 Å². The molecule has 2 aromatic rings. The average Bonchev–Trinajstić information content (AvgIpc) is 3.20. The monoisotopic (exact) mass is 343 g/mol. The largest absolute Gasteiger partial charge is 0.348 e. The highest BCUT2D eigenvalue weighted by Gasteiger charge is 2.32. The Morgan fingerprint density at radius 3 is 2.75 bits per heavy atom. The Hall–Kier alpha value is -2.02. The quantitative estimate of drug-likeness (QED) is 0.862. The lowest BCUT2D eigenvalue weighted by molar-refractivity contribution is 0.0695. The number of hydrogen-bond acceptors (Lipinski definition) is 5. The first kappa shape index (κ1) is 15.5. The van der Waals surface area contributed by atoms with Crippen LogP contribution >= 0.6 is 11.8 Å². The lowest BCUT2D eigenvalue weighted by Gasteiger charge is -2.36. The van der Waals surface area contributed by atoms with E-state index in [2.05, 4.69) is 33.9 Å². The number of carbonyl (C=O) groups excluding carboxylic acids is 1. The summed E-state index contributed by atoms with van der Waals surface area (Å²) in [6.07, 6.45) is 1.75. The number of nitrogens with one attached hydrogen (secondary N) is 1. The predicted octanol–water partition coefficient (Wildman–Crippen LogP) is 2.20. The van der Waals surface area contributed by atoms with Crippen LogP contribution in [0.5, 0.6) is 0 Å². The Bertz CT molecular complexity index is 804. The van der Waals surface area contributed by atoms with Gasteiger partial charge in [-0.3, -0.25) is 14.9 Å². The number of aromatic nitrogens is 2. The second-order valence-corrected chi connectivity index (χ2v) is 8.55. The molecule has 1 aromatic carbocycles. The van der Waals surface area contributed by atoms with Gasteiger partial charge in [-0.05, 0) is 19.9 Å². The number of para-hydroxylation sites is 1. The van der Waals surface area contributed by atoms with E-state index in [1.165, 1.54) is 0 Å². The van der Waals surface area contributed by atoms with E-state index in [0.717, 1.165) is 48.8 Å². The first-order valence-corrected chi connectivity index (χ1v) is 9.05. The molecular formula is C17H21N5OS. The van der Waals surface area contributed by atoms with Crippen molar-refractivity contribution < 1.29 is 4.79 Å². The highest BCUT2D eigenvalue weighted by Crippen LogP contribution is 2.33. The van der Waals surface area contributed by atoms with Gasteiger partial charge in [-0.2, -0.15) is 5.10 Å². The molecular weight excluding hydrogens is 322 g/mol. The van der Waals surface area contributed by atoms with Crippen LogP contribution in [-0.2, 0) is 0 Å². The number of amides is 1. The number of amidine groups is 1. The number of fused-ring (bicyclic) bond motifs is 1. The number of thioether (sulfide) groups is 1. The summed E-state index contributed by atoms with van der Waals surface area (Å²) >= 11 is 1.84. The number of nitrogens with zero attached hydrogens (tertiary/aromatic N) is 4. The van der Waals surface area contributed by atoms with E-state index in [1.54, 1.807) is 6.20 Å². The molecule has 126 valence electrons. The summed E-state index contributed by atoms with van der Waals surface area (Å²) in [4.78, 5) is 21.8. The molecule has 0 atom stereocenters. The molecule has 0 spiro atoms. The summed E-state index contributed by atoms with van der Waals surface area (Å²) in [7, 11) is 0. The maximum absolute atomic E-state index is 12.9. The molecule has 7 heteroatoms. The Morgan fingerprint density at radius 1 is 1.25 bits per heavy atom. The van der Waals surface area contributed by atoms with Crippen molar-refractivity contribution in [2.24, 2.45) is 4.99 Å². The fourth-order valence-electron chi connectivity index (χ4n) is 3.15. The Balaban J connectivity index is 1.44. The second-order valence-electron chi connectivity index (χ2n) is 6.88. The van der Waals surface area contributed by atoms with Gasteiger partial charge in [0.1, 0.15) is 0 Å². The molecule has 1 fully saturated rings. The van der Waals surface area contributed by atoms with Gasteiger partial charge in [0.25, 0.3) is 5.91 Å². The van der Waals surface area contributed by atoms with Crippen molar-refractivity contribution in [1.29, 1.82) is 0 Å². The van der Waals surface area contributed by atoms with Gasteiger partial charge < -0.3 is 9.80 Å². The normalized spacial score (nSPS) is 20.5. The molecule has 24 heavy (non-hydrogen) atoms. The summed E-state index contributed by atoms with van der Waals surface area (Å²) in [5.74, 6) is 0.0749. The van der Waals surface area contributed by atoms with Crippen LogP contribution in [0.4, 0.5) is 0 Å². The number of carbonyl (C=O) groups is 1. The molecule has 0 radical (unpaired) electrons. The fourth-order valence-corrected chi connectivity index (χ4v) is 4.22. The molecule has 0 unspecified atom stereocenters. The summed E-state index contributed by atoms with van der Waals surface area (Å²) in [6, 6.07) is 5.74. The zero-order valence-electron chi connectivity index (χ0n) is 14.0. The molecule has 0 saturated carbocycles. The number of hydrogen-bond donors (Lipinski definition) is 1. The Kier molecular flexibility index (Phi) is 3.75. The third kappa shape index (κ3) is 2.77. The molecule has 4 rings (SSSR count). The van der Waals surface area contributed by atoms with E-state index in [-0.39, 0.29) is 10.7 Å². The molecule has 0 bridgehead atoms. The highest BCUT2D eigenvalue weighted by atomic mass is 32.2. The maximum Gasteiger partial charge on any atom is 0.256 e. The minimum absolute atomic E-state index is 0.0749. The van der Waals surface area contributed by atoms with Gasteiger partial charge in [-0.25, -0.2) is 0 Å². The summed E-state index contributed by atoms with van der Waals surface area (Å²) < 4.78 is 0.193. The Labute approximate surface area is 145 Å².